The molecule has 0 aliphatic rings. The van der Waals surface area contributed by atoms with Crippen LogP contribution in [0.3, 0.4) is 0 Å². The van der Waals surface area contributed by atoms with E-state index in [2.05, 4.69) is 4.98 Å². The number of amides is 1. The van der Waals surface area contributed by atoms with Crippen molar-refractivity contribution < 1.29 is 9.53 Å². The molecule has 4 aromatic rings. The Morgan fingerprint density at radius 1 is 0.939 bits per heavy atom. The summed E-state index contributed by atoms with van der Waals surface area (Å²) in [6, 6.07) is 22.7. The predicted octanol–water partition coefficient (Wildman–Crippen LogP) is 3.70. The normalized spacial score (nSPS) is 10.8. The van der Waals surface area contributed by atoms with Gasteiger partial charge in [-0.25, -0.2) is 4.98 Å². The Balaban J connectivity index is 1.68. The number of carbonyl (C=O) groups is 1. The van der Waals surface area contributed by atoms with Crippen LogP contribution in [0.25, 0.3) is 11.0 Å². The highest BCUT2D eigenvalue weighted by atomic mass is 16.5. The number of fused-ring (bicyclic) bond motifs is 1. The van der Waals surface area contributed by atoms with Crippen LogP contribution in [-0.4, -0.2) is 36.7 Å². The fraction of sp³-hybridized carbons (Fsp3) is 0.192. The van der Waals surface area contributed by atoms with Gasteiger partial charge >= 0.3 is 0 Å². The highest BCUT2D eigenvalue weighted by molar-refractivity contribution is 5.94. The number of hydrogen-bond donors (Lipinski definition) is 0. The van der Waals surface area contributed by atoms with Gasteiger partial charge in [0.1, 0.15) is 12.3 Å². The maximum absolute atomic E-state index is 13.5. The van der Waals surface area contributed by atoms with Gasteiger partial charge in [-0.2, -0.15) is 0 Å². The number of benzene rings is 3. The minimum atomic E-state index is -0.313. The summed E-state index contributed by atoms with van der Waals surface area (Å²) >= 11 is 0. The van der Waals surface area contributed by atoms with Crippen molar-refractivity contribution in [2.45, 2.75) is 13.1 Å². The number of para-hydroxylation sites is 2. The Kier molecular flexibility index (Phi) is 6.40. The molecule has 0 saturated carbocycles. The number of anilines is 2. The number of rotatable bonds is 7. The Bertz CT molecular complexity index is 1310. The monoisotopic (exact) mass is 442 g/mol. The lowest BCUT2D eigenvalue weighted by atomic mass is 10.1. The summed E-state index contributed by atoms with van der Waals surface area (Å²) in [7, 11) is 5.57. The summed E-state index contributed by atoms with van der Waals surface area (Å²) in [4.78, 5) is 34.0. The average molecular weight is 443 g/mol. The van der Waals surface area contributed by atoms with E-state index >= 15 is 0 Å². The highest BCUT2D eigenvalue weighted by Gasteiger charge is 2.19. The molecule has 4 rings (SSSR count). The van der Waals surface area contributed by atoms with Crippen LogP contribution in [0.15, 0.2) is 83.8 Å². The lowest BCUT2D eigenvalue weighted by Gasteiger charge is -2.24. The number of methoxy groups -OCH3 is 1. The van der Waals surface area contributed by atoms with Gasteiger partial charge in [0.05, 0.1) is 30.9 Å². The zero-order valence-corrected chi connectivity index (χ0v) is 18.9. The van der Waals surface area contributed by atoms with Crippen molar-refractivity contribution in [2.24, 2.45) is 0 Å². The third-order valence-electron chi connectivity index (χ3n) is 5.52. The largest absolute Gasteiger partial charge is 0.497 e. The van der Waals surface area contributed by atoms with E-state index in [0.29, 0.717) is 23.3 Å². The van der Waals surface area contributed by atoms with Crippen molar-refractivity contribution in [2.75, 3.05) is 31.0 Å². The third-order valence-corrected chi connectivity index (χ3v) is 5.52. The van der Waals surface area contributed by atoms with Crippen LogP contribution in [-0.2, 0) is 17.9 Å². The molecule has 3 aromatic carbocycles. The van der Waals surface area contributed by atoms with E-state index in [-0.39, 0.29) is 18.0 Å². The molecule has 0 aliphatic heterocycles. The van der Waals surface area contributed by atoms with Gasteiger partial charge in [-0.15, -0.1) is 0 Å². The van der Waals surface area contributed by atoms with Crippen LogP contribution in [0.2, 0.25) is 0 Å². The molecule has 0 aliphatic carbocycles. The molecular weight excluding hydrogens is 416 g/mol. The van der Waals surface area contributed by atoms with Gasteiger partial charge in [0, 0.05) is 25.5 Å². The third kappa shape index (κ3) is 4.87. The molecule has 0 saturated heterocycles. The minimum Gasteiger partial charge on any atom is -0.497 e. The smallest absolute Gasteiger partial charge is 0.269 e. The topological polar surface area (TPSA) is 67.7 Å². The molecular formula is C26H26N4O3. The second kappa shape index (κ2) is 9.56. The van der Waals surface area contributed by atoms with Crippen molar-refractivity contribution in [3.63, 3.8) is 0 Å². The molecule has 0 fully saturated rings. The van der Waals surface area contributed by atoms with E-state index in [1.165, 1.54) is 10.8 Å². The molecule has 0 bridgehead atoms. The number of aromatic nitrogens is 2. The van der Waals surface area contributed by atoms with E-state index in [1.54, 1.807) is 18.1 Å². The van der Waals surface area contributed by atoms with Gasteiger partial charge < -0.3 is 14.5 Å². The molecule has 0 spiro atoms. The van der Waals surface area contributed by atoms with Crippen LogP contribution in [0.4, 0.5) is 11.4 Å². The van der Waals surface area contributed by atoms with Crippen molar-refractivity contribution in [3.8, 4) is 5.75 Å². The Morgan fingerprint density at radius 3 is 2.27 bits per heavy atom. The summed E-state index contributed by atoms with van der Waals surface area (Å²) in [5.74, 6) is 0.508. The van der Waals surface area contributed by atoms with Gasteiger partial charge in [0.15, 0.2) is 0 Å². The first kappa shape index (κ1) is 22.1. The number of carbonyl (C=O) groups excluding carboxylic acids is 1. The van der Waals surface area contributed by atoms with E-state index in [1.807, 2.05) is 85.7 Å². The first-order chi connectivity index (χ1) is 16.0. The van der Waals surface area contributed by atoms with Gasteiger partial charge in [0.25, 0.3) is 5.56 Å². The zero-order chi connectivity index (χ0) is 23.4. The molecule has 0 unspecified atom stereocenters. The van der Waals surface area contributed by atoms with E-state index in [9.17, 15) is 9.59 Å². The standard InChI is InChI=1S/C26H26N4O3/c1-28(2)20-10-8-19(9-11-20)17-29(21-12-14-22(33-3)15-13-21)26(32)18-30-24-7-5-4-6-23(24)27-16-25(30)31/h4-16H,17-18H2,1-3H3. The quantitative estimate of drug-likeness (QED) is 0.437. The first-order valence-corrected chi connectivity index (χ1v) is 10.6. The van der Waals surface area contributed by atoms with Gasteiger partial charge in [0.2, 0.25) is 5.91 Å². The lowest BCUT2D eigenvalue weighted by molar-refractivity contribution is -0.119. The summed E-state index contributed by atoms with van der Waals surface area (Å²) < 4.78 is 6.73. The van der Waals surface area contributed by atoms with E-state index in [4.69, 9.17) is 4.74 Å². The van der Waals surface area contributed by atoms with Crippen molar-refractivity contribution in [1.29, 1.82) is 0 Å². The zero-order valence-electron chi connectivity index (χ0n) is 18.9. The maximum atomic E-state index is 13.5. The maximum Gasteiger partial charge on any atom is 0.269 e. The van der Waals surface area contributed by atoms with Gasteiger partial charge in [-0.1, -0.05) is 24.3 Å². The van der Waals surface area contributed by atoms with Crippen LogP contribution >= 0.6 is 0 Å². The van der Waals surface area contributed by atoms with Crippen LogP contribution in [0.5, 0.6) is 5.75 Å². The van der Waals surface area contributed by atoms with Crippen LogP contribution in [0.1, 0.15) is 5.56 Å². The van der Waals surface area contributed by atoms with Crippen LogP contribution in [0, 0.1) is 0 Å². The molecule has 7 nitrogen and oxygen atoms in total. The number of nitrogens with zero attached hydrogens (tertiary/aromatic N) is 4. The fourth-order valence-corrected chi connectivity index (χ4v) is 3.67. The van der Waals surface area contributed by atoms with Gasteiger partial charge in [-0.05, 0) is 54.1 Å². The molecule has 1 heterocycles. The molecule has 7 heteroatoms. The Morgan fingerprint density at radius 2 is 1.61 bits per heavy atom. The van der Waals surface area contributed by atoms with E-state index < -0.39 is 0 Å². The number of ether oxygens (including phenoxy) is 1. The van der Waals surface area contributed by atoms with Crippen LogP contribution < -0.4 is 20.1 Å². The van der Waals surface area contributed by atoms with Crippen molar-refractivity contribution in [3.05, 3.63) is 94.9 Å². The lowest BCUT2D eigenvalue weighted by Crippen LogP contribution is -2.36. The van der Waals surface area contributed by atoms with E-state index in [0.717, 1.165) is 16.9 Å². The second-order valence-electron chi connectivity index (χ2n) is 7.91. The summed E-state index contributed by atoms with van der Waals surface area (Å²) in [6.45, 7) is 0.278. The molecule has 168 valence electrons. The average Bonchev–Trinajstić information content (AvgIpc) is 2.84. The molecule has 0 atom stereocenters. The summed E-state index contributed by atoms with van der Waals surface area (Å²) in [5, 5.41) is 0. The minimum absolute atomic E-state index is 0.0936. The Hall–Kier alpha value is -4.13. The number of hydrogen-bond acceptors (Lipinski definition) is 5. The van der Waals surface area contributed by atoms with Gasteiger partial charge in [-0.3, -0.25) is 14.2 Å². The Labute approximate surface area is 192 Å². The van der Waals surface area contributed by atoms with Crippen molar-refractivity contribution >= 4 is 28.3 Å². The molecule has 33 heavy (non-hydrogen) atoms. The second-order valence-corrected chi connectivity index (χ2v) is 7.91. The van der Waals surface area contributed by atoms with Crippen molar-refractivity contribution in [1.82, 2.24) is 9.55 Å². The molecule has 1 aromatic heterocycles. The molecule has 0 N–H and O–H groups in total. The SMILES string of the molecule is COc1ccc(N(Cc2ccc(N(C)C)cc2)C(=O)Cn2c(=O)cnc3ccccc32)cc1. The summed E-state index contributed by atoms with van der Waals surface area (Å²) in [6.07, 6.45) is 1.26. The molecule has 0 radical (unpaired) electrons. The fourth-order valence-electron chi connectivity index (χ4n) is 3.67. The predicted molar refractivity (Wildman–Crippen MR) is 131 cm³/mol. The first-order valence-electron chi connectivity index (χ1n) is 10.6. The summed E-state index contributed by atoms with van der Waals surface area (Å²) in [5.41, 5.74) is 3.77. The highest BCUT2D eigenvalue weighted by Crippen LogP contribution is 2.23. The molecule has 1 amide bonds.